The number of hydrogen-bond donors (Lipinski definition) is 4. The number of amides is 3. The Morgan fingerprint density at radius 3 is 2.43 bits per heavy atom. The average Bonchev–Trinajstić information content (AvgIpc) is 3.08. The fourth-order valence-corrected chi connectivity index (χ4v) is 5.29. The van der Waals surface area contributed by atoms with Crippen LogP contribution >= 0.6 is 0 Å². The van der Waals surface area contributed by atoms with Crippen molar-refractivity contribution in [3.63, 3.8) is 0 Å². The van der Waals surface area contributed by atoms with Gasteiger partial charge in [-0.2, -0.15) is 0 Å². The van der Waals surface area contributed by atoms with Crippen LogP contribution in [0.1, 0.15) is 57.2 Å². The van der Waals surface area contributed by atoms with Crippen molar-refractivity contribution in [3.05, 3.63) is 89.5 Å². The lowest BCUT2D eigenvalue weighted by atomic mass is 9.98. The van der Waals surface area contributed by atoms with Gasteiger partial charge < -0.3 is 26.0 Å². The smallest absolute Gasteiger partial charge is 0.249 e. The Balaban J connectivity index is 1.51. The van der Waals surface area contributed by atoms with Gasteiger partial charge in [0.1, 0.15) is 6.04 Å². The molecule has 222 valence electrons. The number of β-amino-alcohol motifs (C(OH)–C–C–N with tert-alkyl or cyclic N) is 1. The first-order valence-corrected chi connectivity index (χ1v) is 14.6. The largest absolute Gasteiger partial charge is 0.392 e. The fourth-order valence-electron chi connectivity index (χ4n) is 5.29. The van der Waals surface area contributed by atoms with Crippen molar-refractivity contribution < 1.29 is 19.5 Å². The van der Waals surface area contributed by atoms with Crippen molar-refractivity contribution in [3.8, 4) is 11.1 Å². The van der Waals surface area contributed by atoms with E-state index in [0.717, 1.165) is 33.5 Å². The van der Waals surface area contributed by atoms with Crippen molar-refractivity contribution in [2.75, 3.05) is 11.4 Å². The first kappa shape index (κ1) is 30.9. The summed E-state index contributed by atoms with van der Waals surface area (Å²) in [5, 5.41) is 18.7. The molecule has 0 spiro atoms. The lowest BCUT2D eigenvalue weighted by Crippen LogP contribution is -2.51. The van der Waals surface area contributed by atoms with Crippen LogP contribution < -0.4 is 20.9 Å². The Morgan fingerprint density at radius 1 is 1.02 bits per heavy atom. The molecule has 0 aromatic heterocycles. The zero-order valence-electron chi connectivity index (χ0n) is 24.9. The number of rotatable bonds is 11. The van der Waals surface area contributed by atoms with E-state index in [0.29, 0.717) is 32.5 Å². The SMILES string of the molecule is CC(=O)NCc1ccccc1-c1ccc(CN2C(=O)[C@H](NC(=O)CC(C)(C)NC[C@@H](C)O)CCc3ccccc32)cc1. The Bertz CT molecular complexity index is 1400. The Kier molecular flexibility index (Phi) is 10.1. The molecule has 8 heteroatoms. The number of aliphatic hydroxyl groups excluding tert-OH is 1. The molecular formula is C34H42N4O4. The number of nitrogens with zero attached hydrogens (tertiary/aromatic N) is 1. The molecule has 0 bridgehead atoms. The summed E-state index contributed by atoms with van der Waals surface area (Å²) in [6, 6.07) is 23.4. The van der Waals surface area contributed by atoms with Crippen LogP contribution in [0.2, 0.25) is 0 Å². The molecule has 3 amide bonds. The molecule has 0 aliphatic carbocycles. The predicted octanol–water partition coefficient (Wildman–Crippen LogP) is 4.09. The maximum atomic E-state index is 13.9. The van der Waals surface area contributed by atoms with E-state index < -0.39 is 17.7 Å². The molecule has 0 radical (unpaired) electrons. The molecule has 3 aromatic carbocycles. The summed E-state index contributed by atoms with van der Waals surface area (Å²) in [4.78, 5) is 40.2. The van der Waals surface area contributed by atoms with Crippen LogP contribution in [-0.4, -0.2) is 47.1 Å². The molecule has 0 unspecified atom stereocenters. The minimum atomic E-state index is -0.641. The molecule has 0 fully saturated rings. The highest BCUT2D eigenvalue weighted by atomic mass is 16.3. The summed E-state index contributed by atoms with van der Waals surface area (Å²) >= 11 is 0. The summed E-state index contributed by atoms with van der Waals surface area (Å²) in [5.41, 5.74) is 5.48. The molecule has 1 aliphatic heterocycles. The second kappa shape index (κ2) is 13.8. The van der Waals surface area contributed by atoms with E-state index in [-0.39, 0.29) is 24.1 Å². The maximum absolute atomic E-state index is 13.9. The molecule has 4 rings (SSSR count). The molecule has 42 heavy (non-hydrogen) atoms. The number of hydrogen-bond acceptors (Lipinski definition) is 5. The van der Waals surface area contributed by atoms with Gasteiger partial charge in [-0.15, -0.1) is 0 Å². The number of aliphatic hydroxyl groups is 1. The molecule has 1 aliphatic rings. The molecule has 0 saturated carbocycles. The summed E-state index contributed by atoms with van der Waals surface area (Å²) in [6.07, 6.45) is 0.859. The fraction of sp³-hybridized carbons (Fsp3) is 0.382. The predicted molar refractivity (Wildman–Crippen MR) is 166 cm³/mol. The van der Waals surface area contributed by atoms with Crippen LogP contribution in [0.15, 0.2) is 72.8 Å². The van der Waals surface area contributed by atoms with Gasteiger partial charge in [0.25, 0.3) is 0 Å². The highest BCUT2D eigenvalue weighted by Crippen LogP contribution is 2.30. The molecule has 3 aromatic rings. The van der Waals surface area contributed by atoms with Gasteiger partial charge in [-0.3, -0.25) is 14.4 Å². The minimum Gasteiger partial charge on any atom is -0.392 e. The number of anilines is 1. The van der Waals surface area contributed by atoms with Crippen molar-refractivity contribution in [2.24, 2.45) is 0 Å². The van der Waals surface area contributed by atoms with Gasteiger partial charge in [-0.1, -0.05) is 66.7 Å². The Labute approximate surface area is 248 Å². The molecule has 4 N–H and O–H groups in total. The third-order valence-electron chi connectivity index (χ3n) is 7.51. The zero-order chi connectivity index (χ0) is 30.3. The van der Waals surface area contributed by atoms with Gasteiger partial charge in [0.2, 0.25) is 17.7 Å². The van der Waals surface area contributed by atoms with E-state index in [1.54, 1.807) is 11.8 Å². The summed E-state index contributed by atoms with van der Waals surface area (Å²) in [6.45, 7) is 8.23. The normalized spacial score (nSPS) is 15.9. The van der Waals surface area contributed by atoms with Crippen LogP contribution in [-0.2, 0) is 33.9 Å². The lowest BCUT2D eigenvalue weighted by Gasteiger charge is -2.29. The van der Waals surface area contributed by atoms with Gasteiger partial charge in [-0.25, -0.2) is 0 Å². The number of para-hydroxylation sites is 1. The Hall–Kier alpha value is -4.01. The van der Waals surface area contributed by atoms with Crippen LogP contribution in [0.5, 0.6) is 0 Å². The summed E-state index contributed by atoms with van der Waals surface area (Å²) in [5.74, 6) is -0.411. The highest BCUT2D eigenvalue weighted by molar-refractivity contribution is 6.00. The Morgan fingerprint density at radius 2 is 1.71 bits per heavy atom. The van der Waals surface area contributed by atoms with Crippen molar-refractivity contribution >= 4 is 23.4 Å². The van der Waals surface area contributed by atoms with E-state index in [4.69, 9.17) is 0 Å². The van der Waals surface area contributed by atoms with Crippen molar-refractivity contribution in [1.29, 1.82) is 0 Å². The number of carbonyl (C=O) groups is 3. The number of benzene rings is 3. The molecule has 0 saturated heterocycles. The number of nitrogens with one attached hydrogen (secondary N) is 3. The van der Waals surface area contributed by atoms with Crippen LogP contribution in [0.4, 0.5) is 5.69 Å². The van der Waals surface area contributed by atoms with Crippen LogP contribution in [0.25, 0.3) is 11.1 Å². The topological polar surface area (TPSA) is 111 Å². The third kappa shape index (κ3) is 8.27. The quantitative estimate of drug-likeness (QED) is 0.278. The highest BCUT2D eigenvalue weighted by Gasteiger charge is 2.32. The van der Waals surface area contributed by atoms with Crippen LogP contribution in [0, 0.1) is 0 Å². The van der Waals surface area contributed by atoms with Gasteiger partial charge >= 0.3 is 0 Å². The van der Waals surface area contributed by atoms with E-state index >= 15 is 0 Å². The first-order valence-electron chi connectivity index (χ1n) is 14.6. The van der Waals surface area contributed by atoms with Gasteiger partial charge in [0.15, 0.2) is 0 Å². The number of aryl methyl sites for hydroxylation is 1. The average molecular weight is 571 g/mol. The van der Waals surface area contributed by atoms with Gasteiger partial charge in [-0.05, 0) is 67.5 Å². The van der Waals surface area contributed by atoms with E-state index in [1.165, 1.54) is 6.92 Å². The minimum absolute atomic E-state index is 0.0752. The first-order chi connectivity index (χ1) is 20.0. The second-order valence-corrected chi connectivity index (χ2v) is 11.8. The van der Waals surface area contributed by atoms with Crippen LogP contribution in [0.3, 0.4) is 0 Å². The molecular weight excluding hydrogens is 528 g/mol. The van der Waals surface area contributed by atoms with Crippen molar-refractivity contribution in [1.82, 2.24) is 16.0 Å². The maximum Gasteiger partial charge on any atom is 0.249 e. The van der Waals surface area contributed by atoms with E-state index in [2.05, 4.69) is 16.0 Å². The van der Waals surface area contributed by atoms with Crippen molar-refractivity contribution in [2.45, 2.75) is 77.7 Å². The monoisotopic (exact) mass is 570 g/mol. The second-order valence-electron chi connectivity index (χ2n) is 11.8. The molecule has 1 heterocycles. The van der Waals surface area contributed by atoms with E-state index in [9.17, 15) is 19.5 Å². The van der Waals surface area contributed by atoms with Gasteiger partial charge in [0, 0.05) is 37.7 Å². The van der Waals surface area contributed by atoms with Gasteiger partial charge in [0.05, 0.1) is 12.6 Å². The number of carbonyl (C=O) groups excluding carboxylic acids is 3. The standard InChI is InChI=1S/C34H42N4O4/c1-23(39)20-36-34(3,4)19-32(41)37-30-18-17-27-9-6-8-12-31(27)38(33(30)42)22-25-13-15-26(16-14-25)29-11-7-5-10-28(29)21-35-24(2)40/h5-16,23,30,36,39H,17-22H2,1-4H3,(H,35,40)(H,37,41)/t23-,30-/m1/s1. The molecule has 8 nitrogen and oxygen atoms in total. The number of fused-ring (bicyclic) bond motifs is 1. The third-order valence-corrected chi connectivity index (χ3v) is 7.51. The lowest BCUT2D eigenvalue weighted by molar-refractivity contribution is -0.128. The molecule has 2 atom stereocenters. The van der Waals surface area contributed by atoms with E-state index in [1.807, 2.05) is 86.6 Å². The summed E-state index contributed by atoms with van der Waals surface area (Å²) in [7, 11) is 0. The zero-order valence-corrected chi connectivity index (χ0v) is 24.9. The summed E-state index contributed by atoms with van der Waals surface area (Å²) < 4.78 is 0.